The molecule has 136 valence electrons. The topological polar surface area (TPSA) is 63.2 Å². The molecule has 2 rings (SSSR count). The molecule has 2 N–H and O–H groups in total. The van der Waals surface area contributed by atoms with Crippen molar-refractivity contribution in [2.24, 2.45) is 0 Å². The number of nitrogens with one attached hydrogen (secondary N) is 2. The lowest BCUT2D eigenvalue weighted by Crippen LogP contribution is -2.45. The van der Waals surface area contributed by atoms with E-state index >= 15 is 0 Å². The first-order valence-electron chi connectivity index (χ1n) is 7.15. The lowest BCUT2D eigenvalue weighted by atomic mass is 10.1. The Kier molecular flexibility index (Phi) is 7.68. The van der Waals surface area contributed by atoms with E-state index in [0.29, 0.717) is 6.54 Å². The molecule has 1 aromatic heterocycles. The number of pyridine rings is 1. The Labute approximate surface area is 142 Å². The molecule has 0 aliphatic carbocycles. The highest BCUT2D eigenvalue weighted by molar-refractivity contribution is 5.94. The van der Waals surface area contributed by atoms with Crippen LogP contribution in [0.3, 0.4) is 0 Å². The molecule has 1 fully saturated rings. The van der Waals surface area contributed by atoms with Crippen molar-refractivity contribution in [2.45, 2.75) is 31.2 Å². The second-order valence-electron chi connectivity index (χ2n) is 5.25. The number of carbonyl (C=O) groups excluding carboxylic acids is 1. The van der Waals surface area contributed by atoms with Gasteiger partial charge in [0, 0.05) is 24.8 Å². The second-order valence-corrected chi connectivity index (χ2v) is 5.25. The number of rotatable bonds is 6. The highest BCUT2D eigenvalue weighted by Crippen LogP contribution is 2.23. The van der Waals surface area contributed by atoms with Gasteiger partial charge in [0.15, 0.2) is 6.61 Å². The Bertz CT molecular complexity index is 525. The summed E-state index contributed by atoms with van der Waals surface area (Å²) in [6, 6.07) is 2.56. The van der Waals surface area contributed by atoms with Crippen LogP contribution in [0.5, 0.6) is 5.88 Å². The summed E-state index contributed by atoms with van der Waals surface area (Å²) in [5.41, 5.74) is 0.239. The van der Waals surface area contributed by atoms with Crippen LogP contribution < -0.4 is 15.4 Å². The van der Waals surface area contributed by atoms with Crippen LogP contribution in [0.15, 0.2) is 18.3 Å². The maximum absolute atomic E-state index is 12.7. The Morgan fingerprint density at radius 1 is 1.46 bits per heavy atom. The van der Waals surface area contributed by atoms with Crippen LogP contribution in [0.25, 0.3) is 0 Å². The molecule has 0 aromatic carbocycles. The Balaban J connectivity index is 0.00000288. The molecule has 0 saturated carbocycles. The quantitative estimate of drug-likeness (QED) is 0.753. The van der Waals surface area contributed by atoms with Crippen LogP contribution in [0.2, 0.25) is 0 Å². The van der Waals surface area contributed by atoms with Crippen LogP contribution in [-0.2, 0) is 0 Å². The zero-order chi connectivity index (χ0) is 16.9. The highest BCUT2D eigenvalue weighted by Gasteiger charge is 2.41. The fourth-order valence-corrected chi connectivity index (χ4v) is 2.08. The molecule has 0 radical (unpaired) electrons. The summed E-state index contributed by atoms with van der Waals surface area (Å²) in [5, 5.41) is 5.98. The number of carbonyl (C=O) groups is 1. The predicted molar refractivity (Wildman–Crippen MR) is 81.3 cm³/mol. The summed E-state index contributed by atoms with van der Waals surface area (Å²) in [4.78, 5) is 15.7. The van der Waals surface area contributed by atoms with Gasteiger partial charge in [-0.25, -0.2) is 13.8 Å². The number of amides is 1. The van der Waals surface area contributed by atoms with E-state index in [4.69, 9.17) is 0 Å². The molecule has 1 aliphatic rings. The standard InChI is InChI=1S/C14H17F4N3O2.ClH/c15-13(16)14(17,18)8-23-11-4-3-9(6-20-11)12(22)21-10-2-1-5-19-7-10;/h3-4,6,10,13,19H,1-2,5,7-8H2,(H,21,22);1H/t10-;/m0./s1. The van der Waals surface area contributed by atoms with Crippen molar-refractivity contribution < 1.29 is 27.1 Å². The average Bonchev–Trinajstić information content (AvgIpc) is 2.54. The fraction of sp³-hybridized carbons (Fsp3) is 0.571. The maximum Gasteiger partial charge on any atom is 0.340 e. The van der Waals surface area contributed by atoms with Crippen LogP contribution >= 0.6 is 12.4 Å². The minimum atomic E-state index is -4.24. The number of piperidine rings is 1. The summed E-state index contributed by atoms with van der Waals surface area (Å²) < 4.78 is 54.0. The van der Waals surface area contributed by atoms with E-state index in [1.807, 2.05) is 0 Å². The third-order valence-electron chi connectivity index (χ3n) is 3.36. The van der Waals surface area contributed by atoms with Crippen molar-refractivity contribution in [3.05, 3.63) is 23.9 Å². The SMILES string of the molecule is Cl.O=C(N[C@H]1CCCNC1)c1ccc(OCC(F)(F)C(F)F)nc1. The normalized spacial score (nSPS) is 18.0. The monoisotopic (exact) mass is 371 g/mol. The first-order chi connectivity index (χ1) is 10.9. The van der Waals surface area contributed by atoms with Crippen molar-refractivity contribution in [1.82, 2.24) is 15.6 Å². The number of hydrogen-bond acceptors (Lipinski definition) is 4. The summed E-state index contributed by atoms with van der Waals surface area (Å²) in [6.07, 6.45) is -0.817. The largest absolute Gasteiger partial charge is 0.471 e. The minimum absolute atomic E-state index is 0. The van der Waals surface area contributed by atoms with Gasteiger partial charge in [-0.3, -0.25) is 4.79 Å². The summed E-state index contributed by atoms with van der Waals surface area (Å²) in [7, 11) is 0. The third kappa shape index (κ3) is 5.79. The van der Waals surface area contributed by atoms with Gasteiger partial charge in [-0.05, 0) is 25.5 Å². The van der Waals surface area contributed by atoms with Crippen molar-refractivity contribution in [2.75, 3.05) is 19.7 Å². The first kappa shape index (κ1) is 20.4. The molecule has 5 nitrogen and oxygen atoms in total. The van der Waals surface area contributed by atoms with Crippen LogP contribution in [0.4, 0.5) is 17.6 Å². The van der Waals surface area contributed by atoms with Gasteiger partial charge in [-0.2, -0.15) is 8.78 Å². The summed E-state index contributed by atoms with van der Waals surface area (Å²) >= 11 is 0. The summed E-state index contributed by atoms with van der Waals surface area (Å²) in [6.45, 7) is 0.128. The molecule has 10 heteroatoms. The van der Waals surface area contributed by atoms with E-state index in [1.165, 1.54) is 12.1 Å². The molecule has 0 spiro atoms. The van der Waals surface area contributed by atoms with Crippen molar-refractivity contribution in [3.63, 3.8) is 0 Å². The lowest BCUT2D eigenvalue weighted by Gasteiger charge is -2.23. The minimum Gasteiger partial charge on any atom is -0.471 e. The molecular formula is C14H18ClF4N3O2. The average molecular weight is 372 g/mol. The van der Waals surface area contributed by atoms with Gasteiger partial charge in [-0.15, -0.1) is 12.4 Å². The number of hydrogen-bond donors (Lipinski definition) is 2. The number of alkyl halides is 4. The van der Waals surface area contributed by atoms with Crippen molar-refractivity contribution in [3.8, 4) is 5.88 Å². The van der Waals surface area contributed by atoms with Crippen molar-refractivity contribution >= 4 is 18.3 Å². The Morgan fingerprint density at radius 2 is 2.21 bits per heavy atom. The predicted octanol–water partition coefficient (Wildman–Crippen LogP) is 2.26. The van der Waals surface area contributed by atoms with Crippen LogP contribution in [0.1, 0.15) is 23.2 Å². The highest BCUT2D eigenvalue weighted by atomic mass is 35.5. The maximum atomic E-state index is 12.7. The molecule has 24 heavy (non-hydrogen) atoms. The van der Waals surface area contributed by atoms with Gasteiger partial charge in [0.25, 0.3) is 5.91 Å². The molecule has 1 saturated heterocycles. The van der Waals surface area contributed by atoms with E-state index < -0.39 is 19.0 Å². The molecule has 0 bridgehead atoms. The smallest absolute Gasteiger partial charge is 0.340 e. The van der Waals surface area contributed by atoms with Crippen LogP contribution in [0, 0.1) is 0 Å². The van der Waals surface area contributed by atoms with Crippen LogP contribution in [-0.4, -0.2) is 49.0 Å². The van der Waals surface area contributed by atoms with Gasteiger partial charge in [0.1, 0.15) is 0 Å². The molecule has 0 unspecified atom stereocenters. The third-order valence-corrected chi connectivity index (χ3v) is 3.36. The molecule has 1 aliphatic heterocycles. The molecule has 1 aromatic rings. The van der Waals surface area contributed by atoms with E-state index in [-0.39, 0.29) is 35.8 Å². The Morgan fingerprint density at radius 3 is 2.75 bits per heavy atom. The van der Waals surface area contributed by atoms with Gasteiger partial charge in [0.05, 0.1) is 5.56 Å². The van der Waals surface area contributed by atoms with Crippen molar-refractivity contribution in [1.29, 1.82) is 0 Å². The van der Waals surface area contributed by atoms with E-state index in [9.17, 15) is 22.4 Å². The lowest BCUT2D eigenvalue weighted by molar-refractivity contribution is -0.148. The zero-order valence-electron chi connectivity index (χ0n) is 12.6. The number of aromatic nitrogens is 1. The first-order valence-corrected chi connectivity index (χ1v) is 7.15. The molecule has 2 heterocycles. The molecule has 1 atom stereocenters. The number of halogens is 5. The van der Waals surface area contributed by atoms with Gasteiger partial charge in [0.2, 0.25) is 5.88 Å². The number of nitrogens with zero attached hydrogens (tertiary/aromatic N) is 1. The van der Waals surface area contributed by atoms with E-state index in [2.05, 4.69) is 20.4 Å². The van der Waals surface area contributed by atoms with E-state index in [1.54, 1.807) is 0 Å². The Hall–Kier alpha value is -1.61. The van der Waals surface area contributed by atoms with Gasteiger partial charge >= 0.3 is 12.3 Å². The second kappa shape index (κ2) is 9.03. The number of ether oxygens (including phenoxy) is 1. The van der Waals surface area contributed by atoms with Gasteiger partial charge < -0.3 is 15.4 Å². The molecule has 1 amide bonds. The summed E-state index contributed by atoms with van der Waals surface area (Å²) in [5.74, 6) is -4.83. The fourth-order valence-electron chi connectivity index (χ4n) is 2.08. The zero-order valence-corrected chi connectivity index (χ0v) is 13.4. The molecular weight excluding hydrogens is 354 g/mol. The van der Waals surface area contributed by atoms with Gasteiger partial charge in [-0.1, -0.05) is 0 Å². The van der Waals surface area contributed by atoms with E-state index in [0.717, 1.165) is 25.6 Å².